The molecule has 2 aromatic heterocycles. The van der Waals surface area contributed by atoms with Crippen LogP contribution >= 0.6 is 0 Å². The predicted octanol–water partition coefficient (Wildman–Crippen LogP) is 5.26. The lowest BCUT2D eigenvalue weighted by atomic mass is 10.0. The number of hydrogen-bond acceptors (Lipinski definition) is 7. The molecule has 0 bridgehead atoms. The van der Waals surface area contributed by atoms with Crippen molar-refractivity contribution in [3.8, 4) is 17.0 Å². The van der Waals surface area contributed by atoms with Crippen LogP contribution in [0.25, 0.3) is 22.2 Å². The number of sulfonamides is 1. The summed E-state index contributed by atoms with van der Waals surface area (Å²) in [5, 5.41) is 7.18. The minimum absolute atomic E-state index is 0.0129. The summed E-state index contributed by atoms with van der Waals surface area (Å²) in [4.78, 5) is 18.1. The van der Waals surface area contributed by atoms with Crippen LogP contribution in [0.3, 0.4) is 0 Å². The smallest absolute Gasteiger partial charge is 0.263 e. The summed E-state index contributed by atoms with van der Waals surface area (Å²) in [6.45, 7) is 1.66. The third-order valence-electron chi connectivity index (χ3n) is 5.63. The van der Waals surface area contributed by atoms with Crippen LogP contribution < -0.4 is 14.8 Å². The second kappa shape index (κ2) is 9.75. The number of aryl methyl sites for hydroxylation is 1. The minimum Gasteiger partial charge on any atom is -0.496 e. The first-order valence-electron chi connectivity index (χ1n) is 11.2. The lowest BCUT2D eigenvalue weighted by Gasteiger charge is -2.13. The molecule has 0 aliphatic carbocycles. The van der Waals surface area contributed by atoms with E-state index in [0.717, 1.165) is 5.56 Å². The van der Waals surface area contributed by atoms with Gasteiger partial charge in [-0.25, -0.2) is 13.4 Å². The van der Waals surface area contributed by atoms with E-state index in [1.54, 1.807) is 20.1 Å². The molecule has 5 rings (SSSR count). The van der Waals surface area contributed by atoms with Crippen molar-refractivity contribution >= 4 is 38.3 Å². The number of para-hydroxylation sites is 2. The molecule has 0 saturated heterocycles. The zero-order valence-electron chi connectivity index (χ0n) is 19.9. The molecule has 37 heavy (non-hydrogen) atoms. The van der Waals surface area contributed by atoms with Crippen molar-refractivity contribution < 1.29 is 22.5 Å². The summed E-state index contributed by atoms with van der Waals surface area (Å²) < 4.78 is 38.0. The topological polar surface area (TPSA) is 123 Å². The molecule has 0 aliphatic rings. The highest BCUT2D eigenvalue weighted by molar-refractivity contribution is 7.92. The first-order chi connectivity index (χ1) is 17.8. The highest BCUT2D eigenvalue weighted by Crippen LogP contribution is 2.31. The Kier molecular flexibility index (Phi) is 6.33. The Hall–Kier alpha value is -4.70. The van der Waals surface area contributed by atoms with E-state index < -0.39 is 10.0 Å². The van der Waals surface area contributed by atoms with E-state index in [0.29, 0.717) is 39.4 Å². The van der Waals surface area contributed by atoms with Gasteiger partial charge in [-0.3, -0.25) is 9.52 Å². The molecule has 0 fully saturated rings. The molecule has 0 unspecified atom stereocenters. The van der Waals surface area contributed by atoms with Gasteiger partial charge in [0.15, 0.2) is 5.82 Å². The fourth-order valence-electron chi connectivity index (χ4n) is 3.88. The van der Waals surface area contributed by atoms with Gasteiger partial charge in [0.05, 0.1) is 28.8 Å². The largest absolute Gasteiger partial charge is 0.496 e. The maximum Gasteiger partial charge on any atom is 0.263 e. The Bertz CT molecular complexity index is 1710. The molecule has 5 aromatic rings. The van der Waals surface area contributed by atoms with E-state index in [-0.39, 0.29) is 16.6 Å². The maximum atomic E-state index is 13.4. The van der Waals surface area contributed by atoms with Gasteiger partial charge in [-0.05, 0) is 55.5 Å². The van der Waals surface area contributed by atoms with Gasteiger partial charge in [0.25, 0.3) is 15.9 Å². The lowest BCUT2D eigenvalue weighted by Crippen LogP contribution is -2.15. The van der Waals surface area contributed by atoms with Gasteiger partial charge in [0.2, 0.25) is 0 Å². The number of carbonyl (C=O) groups excluding carboxylic acids is 1. The summed E-state index contributed by atoms with van der Waals surface area (Å²) in [7, 11) is -2.29. The van der Waals surface area contributed by atoms with Crippen molar-refractivity contribution in [3.63, 3.8) is 0 Å². The lowest BCUT2D eigenvalue weighted by molar-refractivity contribution is 0.102. The molecule has 0 saturated carbocycles. The number of aromatic nitrogens is 2. The van der Waals surface area contributed by atoms with Gasteiger partial charge in [0.1, 0.15) is 11.5 Å². The number of ether oxygens (including phenoxy) is 1. The molecule has 186 valence electrons. The van der Waals surface area contributed by atoms with Crippen LogP contribution in [-0.4, -0.2) is 31.6 Å². The molecule has 1 amide bonds. The van der Waals surface area contributed by atoms with Crippen molar-refractivity contribution in [1.29, 1.82) is 0 Å². The van der Waals surface area contributed by atoms with Crippen LogP contribution in [-0.2, 0) is 10.0 Å². The van der Waals surface area contributed by atoms with Crippen LogP contribution in [0.5, 0.6) is 5.75 Å². The Balaban J connectivity index is 1.44. The zero-order chi connectivity index (χ0) is 26.0. The number of rotatable bonds is 7. The number of benzene rings is 3. The highest BCUT2D eigenvalue weighted by Gasteiger charge is 2.18. The summed E-state index contributed by atoms with van der Waals surface area (Å²) >= 11 is 0. The number of amides is 1. The molecule has 0 atom stereocenters. The van der Waals surface area contributed by atoms with Gasteiger partial charge >= 0.3 is 0 Å². The summed E-state index contributed by atoms with van der Waals surface area (Å²) in [6, 6.07) is 23.9. The number of nitrogens with one attached hydrogen (secondary N) is 2. The average molecular weight is 515 g/mol. The molecule has 0 radical (unpaired) electrons. The van der Waals surface area contributed by atoms with Crippen molar-refractivity contribution in [3.05, 3.63) is 96.3 Å². The number of carbonyl (C=O) groups is 1. The maximum absolute atomic E-state index is 13.4. The van der Waals surface area contributed by atoms with Gasteiger partial charge in [-0.15, -0.1) is 0 Å². The predicted molar refractivity (Wildman–Crippen MR) is 140 cm³/mol. The highest BCUT2D eigenvalue weighted by atomic mass is 32.2. The third-order valence-corrected chi connectivity index (χ3v) is 7.00. The van der Waals surface area contributed by atoms with Crippen LogP contribution in [0.2, 0.25) is 0 Å². The molecule has 0 aliphatic heterocycles. The molecule has 2 heterocycles. The fraction of sp³-hybridized carbons (Fsp3) is 0.0741. The van der Waals surface area contributed by atoms with Crippen molar-refractivity contribution in [2.45, 2.75) is 11.8 Å². The van der Waals surface area contributed by atoms with E-state index in [4.69, 9.17) is 14.2 Å². The molecular weight excluding hydrogens is 492 g/mol. The van der Waals surface area contributed by atoms with Gasteiger partial charge in [-0.1, -0.05) is 35.5 Å². The molecule has 2 N–H and O–H groups in total. The van der Waals surface area contributed by atoms with Crippen molar-refractivity contribution in [1.82, 2.24) is 10.1 Å². The number of nitrogens with zero attached hydrogens (tertiary/aromatic N) is 2. The second-order valence-corrected chi connectivity index (χ2v) is 9.86. The van der Waals surface area contributed by atoms with E-state index >= 15 is 0 Å². The van der Waals surface area contributed by atoms with E-state index in [9.17, 15) is 13.2 Å². The number of anilines is 2. The number of methoxy groups -OCH3 is 1. The Morgan fingerprint density at radius 3 is 2.41 bits per heavy atom. The number of hydrogen-bond donors (Lipinski definition) is 2. The second-order valence-electron chi connectivity index (χ2n) is 8.18. The first kappa shape index (κ1) is 24.0. The van der Waals surface area contributed by atoms with Gasteiger partial charge in [0, 0.05) is 22.7 Å². The van der Waals surface area contributed by atoms with E-state index in [1.165, 1.54) is 30.3 Å². The number of fused-ring (bicyclic) bond motifs is 1. The monoisotopic (exact) mass is 514 g/mol. The summed E-state index contributed by atoms with van der Waals surface area (Å²) in [5.41, 5.74) is 2.87. The minimum atomic E-state index is -3.87. The van der Waals surface area contributed by atoms with Crippen molar-refractivity contribution in [2.24, 2.45) is 0 Å². The fourth-order valence-corrected chi connectivity index (χ4v) is 4.87. The molecule has 9 nitrogen and oxygen atoms in total. The van der Waals surface area contributed by atoms with Crippen molar-refractivity contribution in [2.75, 3.05) is 17.1 Å². The number of pyridine rings is 1. The first-order valence-corrected chi connectivity index (χ1v) is 12.7. The Morgan fingerprint density at radius 2 is 1.68 bits per heavy atom. The van der Waals surface area contributed by atoms with Gasteiger partial charge in [-0.2, -0.15) is 0 Å². The normalized spacial score (nSPS) is 11.3. The van der Waals surface area contributed by atoms with Gasteiger partial charge < -0.3 is 14.6 Å². The van der Waals surface area contributed by atoms with Crippen LogP contribution in [0.4, 0.5) is 11.5 Å². The Labute approximate surface area is 213 Å². The quantitative estimate of drug-likeness (QED) is 0.304. The average Bonchev–Trinajstić information content (AvgIpc) is 3.31. The molecule has 0 spiro atoms. The molecule has 3 aromatic carbocycles. The Morgan fingerprint density at radius 1 is 0.946 bits per heavy atom. The van der Waals surface area contributed by atoms with E-state index in [1.807, 2.05) is 48.5 Å². The van der Waals surface area contributed by atoms with Crippen LogP contribution in [0, 0.1) is 6.92 Å². The van der Waals surface area contributed by atoms with E-state index in [2.05, 4.69) is 15.2 Å². The zero-order valence-corrected chi connectivity index (χ0v) is 20.7. The summed E-state index contributed by atoms with van der Waals surface area (Å²) in [6.07, 6.45) is 0. The molecular formula is C27H22N4O5S. The van der Waals surface area contributed by atoms with Crippen LogP contribution in [0.1, 0.15) is 16.1 Å². The molecule has 10 heteroatoms. The van der Waals surface area contributed by atoms with Crippen LogP contribution in [0.15, 0.2) is 94.3 Å². The third kappa shape index (κ3) is 5.00. The standard InChI is InChI=1S/C27H22N4O5S/c1-17-15-26(30-36-17)31-37(33,34)19-13-11-18(12-14-19)28-27(32)22-16-24(21-8-4-6-10-25(21)35-2)29-23-9-5-3-7-20(22)23/h3-16H,1-2H3,(H,28,32)(H,30,31). The SMILES string of the molecule is COc1ccccc1-c1cc(C(=O)Nc2ccc(S(=O)(=O)Nc3cc(C)on3)cc2)c2ccccc2n1. The summed E-state index contributed by atoms with van der Waals surface area (Å²) in [5.74, 6) is 0.850.